The molecule has 0 radical (unpaired) electrons. The van der Waals surface area contributed by atoms with Crippen LogP contribution in [-0.2, 0) is 23.9 Å². The Labute approximate surface area is 365 Å². The molecule has 7 rings (SSSR count). The molecule has 3 fully saturated rings. The Hall–Kier alpha value is -5.45. The summed E-state index contributed by atoms with van der Waals surface area (Å²) in [6.07, 6.45) is 8.75. The zero-order valence-electron chi connectivity index (χ0n) is 36.3. The van der Waals surface area contributed by atoms with E-state index < -0.39 is 59.3 Å². The number of hydrogen-bond acceptors (Lipinski definition) is 12. The summed E-state index contributed by atoms with van der Waals surface area (Å²) >= 11 is 1.27. The molecule has 1 aromatic carbocycles. The maximum Gasteiger partial charge on any atom is 0.416 e. The van der Waals surface area contributed by atoms with E-state index in [2.05, 4.69) is 10.6 Å². The number of aliphatic carboxylic acids is 1. The van der Waals surface area contributed by atoms with Crippen LogP contribution in [0, 0.1) is 5.92 Å². The molecule has 3 aromatic rings. The Bertz CT molecular complexity index is 2200. The van der Waals surface area contributed by atoms with Gasteiger partial charge >= 0.3 is 18.2 Å². The van der Waals surface area contributed by atoms with Gasteiger partial charge in [-0.25, -0.2) is 24.4 Å². The number of benzene rings is 1. The van der Waals surface area contributed by atoms with Crippen LogP contribution in [-0.4, -0.2) is 105 Å². The van der Waals surface area contributed by atoms with Crippen LogP contribution in [0.1, 0.15) is 105 Å². The summed E-state index contributed by atoms with van der Waals surface area (Å²) in [6.45, 7) is 9.14. The standard InChI is InChI=1S/C45H58N6O10S/c1-26(2)51(43(57)61-44(3,4)5)41-47-35(25-62-41)34-22-37(31-19-18-29(58-6)20-33(31)46-34)59-30-21-36-38(52)49-45(40(54)55)23-27(45)14-10-8-7-9-11-17-32(39(53)50(36)24-30)48-42(56)60-28-15-12-13-16-28/h10,14,18-20,22,25-28,30,32,36H,7-9,11-13,15-17,21,23-24H2,1-6H3,(H,48,56)(H,49,52)(H,54,55)/b14-10-/t27?,30-,32+,36+,45-/m1/s1. The number of carbonyl (C=O) groups excluding carboxylic acids is 4. The van der Waals surface area contributed by atoms with Gasteiger partial charge in [-0.05, 0) is 98.1 Å². The van der Waals surface area contributed by atoms with Crippen LogP contribution in [0.3, 0.4) is 0 Å². The topological polar surface area (TPSA) is 199 Å². The number of thiazole rings is 1. The normalized spacial score (nSPS) is 25.2. The van der Waals surface area contributed by atoms with Crippen LogP contribution < -0.4 is 25.0 Å². The molecule has 334 valence electrons. The minimum Gasteiger partial charge on any atom is -0.497 e. The maximum absolute atomic E-state index is 14.7. The quantitative estimate of drug-likeness (QED) is 0.181. The minimum atomic E-state index is -1.49. The van der Waals surface area contributed by atoms with Crippen LogP contribution in [0.15, 0.2) is 41.8 Å². The molecule has 4 aliphatic rings. The second kappa shape index (κ2) is 18.5. The van der Waals surface area contributed by atoms with Crippen LogP contribution in [0.25, 0.3) is 22.3 Å². The summed E-state index contributed by atoms with van der Waals surface area (Å²) in [5, 5.41) is 18.8. The first-order valence-electron chi connectivity index (χ1n) is 21.7. The largest absolute Gasteiger partial charge is 0.497 e. The third-order valence-electron chi connectivity index (χ3n) is 11.8. The highest BCUT2D eigenvalue weighted by atomic mass is 32.1. The average Bonchev–Trinajstić information content (AvgIpc) is 3.65. The summed E-state index contributed by atoms with van der Waals surface area (Å²) < 4.78 is 23.7. The molecule has 5 atom stereocenters. The number of aromatic nitrogens is 2. The molecule has 3 N–H and O–H groups in total. The molecule has 62 heavy (non-hydrogen) atoms. The van der Waals surface area contributed by atoms with E-state index in [-0.39, 0.29) is 37.5 Å². The summed E-state index contributed by atoms with van der Waals surface area (Å²) in [7, 11) is 1.55. The number of rotatable bonds is 9. The number of alkyl carbamates (subject to hydrolysis) is 1. The van der Waals surface area contributed by atoms with E-state index >= 15 is 0 Å². The predicted molar refractivity (Wildman–Crippen MR) is 232 cm³/mol. The monoisotopic (exact) mass is 874 g/mol. The van der Waals surface area contributed by atoms with Crippen LogP contribution >= 0.6 is 11.3 Å². The molecule has 1 saturated heterocycles. The van der Waals surface area contributed by atoms with Gasteiger partial charge in [-0.2, -0.15) is 0 Å². The summed E-state index contributed by atoms with van der Waals surface area (Å²) in [4.78, 5) is 80.7. The van der Waals surface area contributed by atoms with E-state index in [1.165, 1.54) is 21.1 Å². The van der Waals surface area contributed by atoms with Crippen LogP contribution in [0.2, 0.25) is 0 Å². The zero-order chi connectivity index (χ0) is 44.3. The Morgan fingerprint density at radius 3 is 2.48 bits per heavy atom. The van der Waals surface area contributed by atoms with Gasteiger partial charge in [-0.3, -0.25) is 14.5 Å². The van der Waals surface area contributed by atoms with Gasteiger partial charge in [0.15, 0.2) is 5.13 Å². The molecule has 16 nitrogen and oxygen atoms in total. The lowest BCUT2D eigenvalue weighted by atomic mass is 10.0. The fourth-order valence-electron chi connectivity index (χ4n) is 8.51. The van der Waals surface area contributed by atoms with Crippen molar-refractivity contribution in [1.29, 1.82) is 0 Å². The van der Waals surface area contributed by atoms with Gasteiger partial charge in [0.2, 0.25) is 11.8 Å². The molecule has 2 saturated carbocycles. The molecule has 0 bridgehead atoms. The smallest absolute Gasteiger partial charge is 0.416 e. The van der Waals surface area contributed by atoms with Crippen molar-refractivity contribution in [3.8, 4) is 22.9 Å². The zero-order valence-corrected chi connectivity index (χ0v) is 37.1. The van der Waals surface area contributed by atoms with E-state index in [4.69, 9.17) is 28.9 Å². The molecule has 4 amide bonds. The van der Waals surface area contributed by atoms with Crippen LogP contribution in [0.5, 0.6) is 11.5 Å². The first kappa shape index (κ1) is 44.6. The molecule has 4 heterocycles. The number of anilines is 1. The van der Waals surface area contributed by atoms with Gasteiger partial charge in [0.05, 0.1) is 24.9 Å². The van der Waals surface area contributed by atoms with E-state index in [0.717, 1.165) is 44.9 Å². The molecule has 0 spiro atoms. The van der Waals surface area contributed by atoms with E-state index in [0.29, 0.717) is 51.8 Å². The highest BCUT2D eigenvalue weighted by Gasteiger charge is 2.61. The van der Waals surface area contributed by atoms with Crippen molar-refractivity contribution in [3.05, 3.63) is 41.8 Å². The lowest BCUT2D eigenvalue weighted by Crippen LogP contribution is -2.56. The molecule has 1 unspecified atom stereocenters. The number of allylic oxidation sites excluding steroid dienone is 1. The molecule has 2 aliphatic carbocycles. The third-order valence-corrected chi connectivity index (χ3v) is 12.7. The van der Waals surface area contributed by atoms with Crippen molar-refractivity contribution in [2.24, 2.45) is 5.92 Å². The number of ether oxygens (including phenoxy) is 4. The van der Waals surface area contributed by atoms with E-state index in [1.807, 2.05) is 32.1 Å². The minimum absolute atomic E-state index is 0.0223. The number of pyridine rings is 1. The lowest BCUT2D eigenvalue weighted by molar-refractivity contribution is -0.145. The molecular formula is C45H58N6O10S. The first-order valence-corrected chi connectivity index (χ1v) is 22.6. The molecule has 2 aliphatic heterocycles. The highest BCUT2D eigenvalue weighted by Crippen LogP contribution is 2.46. The Balaban J connectivity index is 1.21. The fraction of sp³-hybridized carbons (Fsp3) is 0.578. The number of carbonyl (C=O) groups is 5. The van der Waals surface area contributed by atoms with Gasteiger partial charge in [-0.15, -0.1) is 11.3 Å². The Morgan fingerprint density at radius 2 is 1.77 bits per heavy atom. The number of nitrogens with one attached hydrogen (secondary N) is 2. The Morgan fingerprint density at radius 1 is 1.02 bits per heavy atom. The summed E-state index contributed by atoms with van der Waals surface area (Å²) in [5.74, 6) is -1.63. The van der Waals surface area contributed by atoms with E-state index in [1.54, 1.807) is 51.5 Å². The van der Waals surface area contributed by atoms with Crippen molar-refractivity contribution in [3.63, 3.8) is 0 Å². The molecule has 17 heteroatoms. The predicted octanol–water partition coefficient (Wildman–Crippen LogP) is 7.38. The number of carboxylic acid groups (broad SMARTS) is 1. The van der Waals surface area contributed by atoms with Crippen molar-refractivity contribution in [2.75, 3.05) is 18.6 Å². The van der Waals surface area contributed by atoms with Crippen molar-refractivity contribution >= 4 is 57.3 Å². The second-order valence-corrected chi connectivity index (χ2v) is 18.8. The van der Waals surface area contributed by atoms with Crippen molar-refractivity contribution in [1.82, 2.24) is 25.5 Å². The third kappa shape index (κ3) is 10.1. The van der Waals surface area contributed by atoms with Crippen LogP contribution in [0.4, 0.5) is 14.7 Å². The van der Waals surface area contributed by atoms with Gasteiger partial charge in [0, 0.05) is 41.3 Å². The average molecular weight is 875 g/mol. The fourth-order valence-corrected chi connectivity index (χ4v) is 9.45. The number of fused-ring (bicyclic) bond motifs is 3. The van der Waals surface area contributed by atoms with Crippen molar-refractivity contribution < 1.29 is 48.0 Å². The first-order chi connectivity index (χ1) is 29.5. The van der Waals surface area contributed by atoms with Gasteiger partial charge in [0.25, 0.3) is 0 Å². The molecule has 2 aromatic heterocycles. The number of carboxylic acids is 1. The number of nitrogens with zero attached hydrogens (tertiary/aromatic N) is 4. The van der Waals surface area contributed by atoms with Gasteiger partial charge < -0.3 is 39.6 Å². The number of hydrogen-bond donors (Lipinski definition) is 3. The Kier molecular flexibility index (Phi) is 13.3. The van der Waals surface area contributed by atoms with Gasteiger partial charge in [0.1, 0.15) is 52.6 Å². The molecular weight excluding hydrogens is 817 g/mol. The van der Waals surface area contributed by atoms with E-state index in [9.17, 15) is 29.1 Å². The second-order valence-electron chi connectivity index (χ2n) is 18.0. The number of methoxy groups -OCH3 is 1. The number of amides is 4. The lowest BCUT2D eigenvalue weighted by Gasteiger charge is -2.29. The summed E-state index contributed by atoms with van der Waals surface area (Å²) in [6, 6.07) is 4.76. The van der Waals surface area contributed by atoms with Crippen molar-refractivity contribution in [2.45, 2.75) is 147 Å². The highest BCUT2D eigenvalue weighted by molar-refractivity contribution is 7.14. The SMILES string of the molecule is COc1ccc2c(O[C@@H]3C[C@H]4C(=O)N[C@]5(C(=O)O)CC5/C=C\CCCCC[C@H](NC(=O)OC5CCCC5)C(=O)N4C3)cc(-c3csc(N(C(=O)OC(C)(C)C)C(C)C)n3)nc2c1. The maximum atomic E-state index is 14.7. The summed E-state index contributed by atoms with van der Waals surface area (Å²) in [5.41, 5.74) is -0.745. The van der Waals surface area contributed by atoms with Gasteiger partial charge in [-0.1, -0.05) is 25.0 Å².